The van der Waals surface area contributed by atoms with Gasteiger partial charge in [-0.25, -0.2) is 16.8 Å². The number of benzene rings is 4. The molecule has 4 aromatic carbocycles. The van der Waals surface area contributed by atoms with Crippen molar-refractivity contribution in [3.8, 4) is 5.75 Å². The summed E-state index contributed by atoms with van der Waals surface area (Å²) in [6, 6.07) is 6.12. The van der Waals surface area contributed by atoms with E-state index >= 15 is 0 Å². The molecule has 0 atom stereocenters. The lowest BCUT2D eigenvalue weighted by atomic mass is 9.93. The Balaban J connectivity index is 1.77. The van der Waals surface area contributed by atoms with Gasteiger partial charge in [-0.2, -0.15) is 8.42 Å². The SMILES string of the molecule is CCCCCCCCCCCC(=O)Oc1cc(S(=O)(=O)O)c2ccc3c(S(=O)(=O)[O-])cc(S(=O)(=O)[O-])c4ccc1c2c43. The van der Waals surface area contributed by atoms with Crippen molar-refractivity contribution < 1.29 is 48.4 Å². The number of carbonyl (C=O) groups is 1. The van der Waals surface area contributed by atoms with Gasteiger partial charge in [0.15, 0.2) is 0 Å². The Morgan fingerprint density at radius 3 is 1.57 bits per heavy atom. The molecule has 4 aromatic rings. The van der Waals surface area contributed by atoms with E-state index in [1.807, 2.05) is 0 Å². The maximum atomic E-state index is 12.7. The standard InChI is InChI=1S/C28H32O11S3/c1-2-3-4-5-6-7-8-9-10-11-26(29)39-22-16-23(40(30,31)32)19-14-15-21-25(42(36,37)38)17-24(41(33,34)35)20-13-12-18(22)27(19)28(20)21/h12-17H,2-11H2,1H3,(H,30,31,32)(H,33,34,35)(H,36,37,38)/p-2. The predicted molar refractivity (Wildman–Crippen MR) is 153 cm³/mol. The minimum absolute atomic E-state index is 0.0240. The molecule has 0 aromatic heterocycles. The van der Waals surface area contributed by atoms with Crippen LogP contribution in [-0.4, -0.2) is 44.9 Å². The van der Waals surface area contributed by atoms with Crippen LogP contribution in [0.2, 0.25) is 0 Å². The van der Waals surface area contributed by atoms with E-state index in [2.05, 4.69) is 6.92 Å². The lowest BCUT2D eigenvalue weighted by Gasteiger charge is -2.21. The van der Waals surface area contributed by atoms with Crippen LogP contribution in [0.1, 0.15) is 71.1 Å². The van der Waals surface area contributed by atoms with Crippen molar-refractivity contribution in [1.82, 2.24) is 0 Å². The fourth-order valence-corrected chi connectivity index (χ4v) is 7.51. The third kappa shape index (κ3) is 6.84. The molecule has 0 saturated heterocycles. The van der Waals surface area contributed by atoms with Gasteiger partial charge in [0.1, 0.15) is 30.9 Å². The molecule has 228 valence electrons. The zero-order valence-corrected chi connectivity index (χ0v) is 25.2. The van der Waals surface area contributed by atoms with Crippen LogP contribution >= 0.6 is 0 Å². The number of carbonyl (C=O) groups excluding carboxylic acids is 1. The van der Waals surface area contributed by atoms with Crippen LogP contribution in [0.5, 0.6) is 5.75 Å². The van der Waals surface area contributed by atoms with Gasteiger partial charge in [-0.05, 0) is 18.6 Å². The van der Waals surface area contributed by atoms with Crippen molar-refractivity contribution in [2.75, 3.05) is 0 Å². The van der Waals surface area contributed by atoms with Gasteiger partial charge < -0.3 is 13.8 Å². The Bertz CT molecular complexity index is 1910. The molecule has 0 aliphatic carbocycles. The molecule has 42 heavy (non-hydrogen) atoms. The van der Waals surface area contributed by atoms with Crippen molar-refractivity contribution >= 4 is 68.6 Å². The van der Waals surface area contributed by atoms with Gasteiger partial charge in [0, 0.05) is 44.8 Å². The van der Waals surface area contributed by atoms with E-state index in [9.17, 15) is 43.7 Å². The maximum absolute atomic E-state index is 12.7. The average Bonchev–Trinajstić information content (AvgIpc) is 2.89. The number of ether oxygens (including phenoxy) is 1. The summed E-state index contributed by atoms with van der Waals surface area (Å²) in [6.07, 6.45) is 9.22. The topological polar surface area (TPSA) is 195 Å². The molecule has 1 N–H and O–H groups in total. The summed E-state index contributed by atoms with van der Waals surface area (Å²) < 4.78 is 113. The van der Waals surface area contributed by atoms with Gasteiger partial charge in [-0.15, -0.1) is 0 Å². The highest BCUT2D eigenvalue weighted by atomic mass is 32.2. The van der Waals surface area contributed by atoms with Gasteiger partial charge in [0.2, 0.25) is 0 Å². The van der Waals surface area contributed by atoms with E-state index in [1.54, 1.807) is 0 Å². The smallest absolute Gasteiger partial charge is 0.311 e. The molecule has 4 rings (SSSR count). The van der Waals surface area contributed by atoms with Crippen molar-refractivity contribution in [3.63, 3.8) is 0 Å². The highest BCUT2D eigenvalue weighted by molar-refractivity contribution is 7.87. The molecule has 0 radical (unpaired) electrons. The summed E-state index contributed by atoms with van der Waals surface area (Å²) >= 11 is 0. The van der Waals surface area contributed by atoms with Crippen LogP contribution in [-0.2, 0) is 35.1 Å². The Hall–Kier alpha value is -2.88. The third-order valence-electron chi connectivity index (χ3n) is 7.27. The van der Waals surface area contributed by atoms with Gasteiger partial charge in [0.05, 0.1) is 9.79 Å². The summed E-state index contributed by atoms with van der Waals surface area (Å²) in [5, 5.41) is -0.973. The average molecular weight is 639 g/mol. The lowest BCUT2D eigenvalue weighted by molar-refractivity contribution is -0.134. The van der Waals surface area contributed by atoms with Crippen LogP contribution < -0.4 is 4.74 Å². The molecule has 0 aliphatic heterocycles. The normalized spacial score (nSPS) is 13.0. The van der Waals surface area contributed by atoms with Crippen molar-refractivity contribution in [1.29, 1.82) is 0 Å². The predicted octanol–water partition coefficient (Wildman–Crippen LogP) is 5.47. The molecule has 14 heteroatoms. The second-order valence-corrected chi connectivity index (χ2v) is 14.3. The zero-order valence-electron chi connectivity index (χ0n) is 22.8. The molecule has 0 heterocycles. The van der Waals surface area contributed by atoms with E-state index in [0.29, 0.717) is 12.5 Å². The zero-order chi connectivity index (χ0) is 30.9. The molecule has 0 bridgehead atoms. The Morgan fingerprint density at radius 1 is 0.667 bits per heavy atom. The van der Waals surface area contributed by atoms with E-state index in [-0.39, 0.29) is 44.5 Å². The molecule has 0 saturated carbocycles. The second kappa shape index (κ2) is 12.4. The summed E-state index contributed by atoms with van der Waals surface area (Å²) in [5.74, 6) is -0.965. The van der Waals surface area contributed by atoms with E-state index in [1.165, 1.54) is 37.8 Å². The fraction of sp³-hybridized carbons (Fsp3) is 0.393. The minimum Gasteiger partial charge on any atom is -0.744 e. The number of rotatable bonds is 14. The van der Waals surface area contributed by atoms with Gasteiger partial charge in [-0.1, -0.05) is 76.5 Å². The molecule has 0 unspecified atom stereocenters. The van der Waals surface area contributed by atoms with Crippen LogP contribution in [0.3, 0.4) is 0 Å². The number of hydrogen-bond acceptors (Lipinski definition) is 10. The molecule has 0 amide bonds. The van der Waals surface area contributed by atoms with Crippen molar-refractivity contribution in [3.05, 3.63) is 36.4 Å². The van der Waals surface area contributed by atoms with E-state index in [4.69, 9.17) is 4.74 Å². The summed E-state index contributed by atoms with van der Waals surface area (Å²) in [5.41, 5.74) is 0. The largest absolute Gasteiger partial charge is 0.744 e. The van der Waals surface area contributed by atoms with Gasteiger partial charge >= 0.3 is 5.97 Å². The summed E-state index contributed by atoms with van der Waals surface area (Å²) in [7, 11) is -15.6. The maximum Gasteiger partial charge on any atom is 0.311 e. The minimum atomic E-state index is -5.31. The molecule has 0 spiro atoms. The van der Waals surface area contributed by atoms with Crippen molar-refractivity contribution in [2.45, 2.75) is 85.8 Å². The number of hydrogen-bond donors (Lipinski definition) is 1. The highest BCUT2D eigenvalue weighted by Gasteiger charge is 2.26. The second-order valence-electron chi connectivity index (χ2n) is 10.3. The Morgan fingerprint density at radius 2 is 1.10 bits per heavy atom. The first kappa shape index (κ1) is 32.0. The molecule has 0 aliphatic rings. The Labute approximate surface area is 244 Å². The van der Waals surface area contributed by atoms with Gasteiger partial charge in [0.25, 0.3) is 10.1 Å². The number of unbranched alkanes of at least 4 members (excludes halogenated alkanes) is 8. The molecule has 0 fully saturated rings. The fourth-order valence-electron chi connectivity index (χ4n) is 5.33. The highest BCUT2D eigenvalue weighted by Crippen LogP contribution is 2.45. The van der Waals surface area contributed by atoms with Gasteiger partial charge in [-0.3, -0.25) is 9.35 Å². The third-order valence-corrected chi connectivity index (χ3v) is 9.92. The Kier molecular flexibility index (Phi) is 9.45. The first-order valence-corrected chi connectivity index (χ1v) is 17.8. The number of esters is 1. The lowest BCUT2D eigenvalue weighted by Crippen LogP contribution is -2.10. The van der Waals surface area contributed by atoms with E-state index in [0.717, 1.165) is 43.9 Å². The molecular weight excluding hydrogens is 608 g/mol. The molecule has 11 nitrogen and oxygen atoms in total. The first-order chi connectivity index (χ1) is 19.6. The van der Waals surface area contributed by atoms with Crippen LogP contribution in [0.15, 0.2) is 51.1 Å². The van der Waals surface area contributed by atoms with Crippen LogP contribution in [0, 0.1) is 0 Å². The summed E-state index contributed by atoms with van der Waals surface area (Å²) in [6.45, 7) is 2.15. The molecular formula is C28H30O11S3-2. The monoisotopic (exact) mass is 638 g/mol. The summed E-state index contributed by atoms with van der Waals surface area (Å²) in [4.78, 5) is 10.0. The van der Waals surface area contributed by atoms with Crippen LogP contribution in [0.25, 0.3) is 32.3 Å². The first-order valence-electron chi connectivity index (χ1n) is 13.5. The van der Waals surface area contributed by atoms with Crippen molar-refractivity contribution in [2.24, 2.45) is 0 Å². The van der Waals surface area contributed by atoms with Crippen LogP contribution in [0.4, 0.5) is 0 Å². The quantitative estimate of drug-likeness (QED) is 0.0605. The van der Waals surface area contributed by atoms with E-state index < -0.39 is 51.0 Å².